The molecule has 1 amide bonds. The first-order valence-corrected chi connectivity index (χ1v) is 12.4. The van der Waals surface area contributed by atoms with Crippen LogP contribution >= 0.6 is 0 Å². The molecular weight excluding hydrogens is 471 g/mol. The van der Waals surface area contributed by atoms with Crippen LogP contribution in [0.25, 0.3) is 0 Å². The summed E-state index contributed by atoms with van der Waals surface area (Å²) < 4.78 is 72.3. The highest BCUT2D eigenvalue weighted by Crippen LogP contribution is 2.32. The van der Waals surface area contributed by atoms with Crippen molar-refractivity contribution in [2.75, 3.05) is 51.3 Å². The summed E-state index contributed by atoms with van der Waals surface area (Å²) in [7, 11) is -2.48. The number of carbonyl (C=O) groups excluding carboxylic acids is 1. The third-order valence-corrected chi connectivity index (χ3v) is 8.10. The summed E-state index contributed by atoms with van der Waals surface area (Å²) in [4.78, 5) is 16.3. The molecule has 0 aromatic heterocycles. The molecule has 34 heavy (non-hydrogen) atoms. The zero-order valence-electron chi connectivity index (χ0n) is 18.7. The largest absolute Gasteiger partial charge is 0.496 e. The predicted molar refractivity (Wildman–Crippen MR) is 121 cm³/mol. The predicted octanol–water partition coefficient (Wildman–Crippen LogP) is 3.46. The van der Waals surface area contributed by atoms with Gasteiger partial charge >= 0.3 is 6.18 Å². The molecule has 184 valence electrons. The first-order chi connectivity index (χ1) is 16.1. The van der Waals surface area contributed by atoms with Gasteiger partial charge in [0.1, 0.15) is 5.75 Å². The maximum Gasteiger partial charge on any atom is 0.416 e. The Kier molecular flexibility index (Phi) is 6.77. The molecule has 0 bridgehead atoms. The minimum absolute atomic E-state index is 0.0108. The summed E-state index contributed by atoms with van der Waals surface area (Å²) in [6.45, 7) is 1.96. The minimum atomic E-state index is -4.44. The average molecular weight is 498 g/mol. The number of hydrogen-bond donors (Lipinski definition) is 0. The number of likely N-dealkylation sites (tertiary alicyclic amines) is 1. The molecule has 2 aliphatic rings. The molecule has 2 aromatic rings. The number of alkyl halides is 3. The lowest BCUT2D eigenvalue weighted by molar-refractivity contribution is -0.137. The molecule has 0 spiro atoms. The lowest BCUT2D eigenvalue weighted by Crippen LogP contribution is -2.48. The average Bonchev–Trinajstić information content (AvgIpc) is 3.38. The number of sulfonamides is 1. The molecule has 2 fully saturated rings. The summed E-state index contributed by atoms with van der Waals surface area (Å²) in [5, 5.41) is 0. The van der Waals surface area contributed by atoms with Crippen LogP contribution < -0.4 is 9.64 Å². The van der Waals surface area contributed by atoms with Gasteiger partial charge in [-0.1, -0.05) is 6.07 Å². The maximum atomic E-state index is 13.3. The summed E-state index contributed by atoms with van der Waals surface area (Å²) in [5.74, 6) is 0.0472. The Labute approximate surface area is 196 Å². The summed E-state index contributed by atoms with van der Waals surface area (Å²) in [5.41, 5.74) is -0.142. The van der Waals surface area contributed by atoms with Crippen molar-refractivity contribution >= 4 is 21.6 Å². The number of methoxy groups -OCH3 is 1. The van der Waals surface area contributed by atoms with Gasteiger partial charge in [0.15, 0.2) is 0 Å². The number of halogens is 3. The second kappa shape index (κ2) is 9.46. The van der Waals surface area contributed by atoms with Gasteiger partial charge in [0.05, 0.1) is 23.1 Å². The lowest BCUT2D eigenvalue weighted by atomic mass is 10.1. The van der Waals surface area contributed by atoms with E-state index in [1.54, 1.807) is 15.9 Å². The molecule has 2 saturated heterocycles. The van der Waals surface area contributed by atoms with Gasteiger partial charge in [-0.15, -0.1) is 0 Å². The van der Waals surface area contributed by atoms with E-state index in [2.05, 4.69) is 0 Å². The molecule has 0 saturated carbocycles. The van der Waals surface area contributed by atoms with Gasteiger partial charge in [-0.05, 0) is 49.2 Å². The number of benzene rings is 2. The molecule has 2 aromatic carbocycles. The van der Waals surface area contributed by atoms with E-state index in [0.717, 1.165) is 25.0 Å². The lowest BCUT2D eigenvalue weighted by Gasteiger charge is -2.35. The van der Waals surface area contributed by atoms with Gasteiger partial charge in [0.2, 0.25) is 10.0 Å². The maximum absolute atomic E-state index is 13.3. The molecule has 0 N–H and O–H groups in total. The van der Waals surface area contributed by atoms with Crippen molar-refractivity contribution in [2.24, 2.45) is 0 Å². The number of hydrogen-bond acceptors (Lipinski definition) is 5. The zero-order chi connectivity index (χ0) is 24.5. The number of carbonyl (C=O) groups is 1. The van der Waals surface area contributed by atoms with Gasteiger partial charge < -0.3 is 14.5 Å². The van der Waals surface area contributed by atoms with E-state index < -0.39 is 21.8 Å². The SMILES string of the molecule is COc1ccc(S(=O)(=O)N2CCN(c3cccc(C(F)(F)F)c3)CC2)cc1C(=O)N1CCCC1. The van der Waals surface area contributed by atoms with Gasteiger partial charge in [-0.2, -0.15) is 17.5 Å². The van der Waals surface area contributed by atoms with Crippen molar-refractivity contribution in [3.8, 4) is 5.75 Å². The molecule has 0 radical (unpaired) electrons. The van der Waals surface area contributed by atoms with Gasteiger partial charge in [-0.3, -0.25) is 4.79 Å². The monoisotopic (exact) mass is 497 g/mol. The van der Waals surface area contributed by atoms with E-state index in [4.69, 9.17) is 4.74 Å². The van der Waals surface area contributed by atoms with E-state index in [9.17, 15) is 26.4 Å². The van der Waals surface area contributed by atoms with Crippen molar-refractivity contribution < 1.29 is 31.1 Å². The smallest absolute Gasteiger partial charge is 0.416 e. The Morgan fingerprint density at radius 3 is 2.24 bits per heavy atom. The molecule has 2 heterocycles. The van der Waals surface area contributed by atoms with E-state index in [1.807, 2.05) is 0 Å². The Morgan fingerprint density at radius 1 is 0.941 bits per heavy atom. The second-order valence-electron chi connectivity index (χ2n) is 8.30. The van der Waals surface area contributed by atoms with E-state index >= 15 is 0 Å². The van der Waals surface area contributed by atoms with Crippen molar-refractivity contribution in [1.82, 2.24) is 9.21 Å². The minimum Gasteiger partial charge on any atom is -0.496 e. The van der Waals surface area contributed by atoms with Crippen LogP contribution in [0.2, 0.25) is 0 Å². The molecule has 0 unspecified atom stereocenters. The second-order valence-corrected chi connectivity index (χ2v) is 10.2. The van der Waals surface area contributed by atoms with Crippen molar-refractivity contribution in [2.45, 2.75) is 23.9 Å². The fourth-order valence-electron chi connectivity index (χ4n) is 4.32. The first-order valence-electron chi connectivity index (χ1n) is 11.0. The van der Waals surface area contributed by atoms with Crippen LogP contribution in [0.1, 0.15) is 28.8 Å². The van der Waals surface area contributed by atoms with Crippen LogP contribution in [-0.2, 0) is 16.2 Å². The first kappa shape index (κ1) is 24.3. The highest BCUT2D eigenvalue weighted by Gasteiger charge is 2.33. The topological polar surface area (TPSA) is 70.2 Å². The number of piperazine rings is 1. The van der Waals surface area contributed by atoms with Crippen molar-refractivity contribution in [3.05, 3.63) is 53.6 Å². The van der Waals surface area contributed by atoms with Gasteiger partial charge in [0, 0.05) is 45.0 Å². The van der Waals surface area contributed by atoms with E-state index in [1.165, 1.54) is 35.7 Å². The molecule has 0 atom stereocenters. The molecule has 0 aliphatic carbocycles. The quantitative estimate of drug-likeness (QED) is 0.633. The molecule has 2 aliphatic heterocycles. The number of ether oxygens (including phenoxy) is 1. The fourth-order valence-corrected chi connectivity index (χ4v) is 5.77. The molecule has 7 nitrogen and oxygen atoms in total. The van der Waals surface area contributed by atoms with Crippen LogP contribution in [0.4, 0.5) is 18.9 Å². The number of anilines is 1. The van der Waals surface area contributed by atoms with Gasteiger partial charge in [0.25, 0.3) is 5.91 Å². The zero-order valence-corrected chi connectivity index (χ0v) is 19.5. The Hall–Kier alpha value is -2.79. The third-order valence-electron chi connectivity index (χ3n) is 6.21. The normalized spacial score (nSPS) is 17.8. The van der Waals surface area contributed by atoms with Crippen molar-refractivity contribution in [3.63, 3.8) is 0 Å². The van der Waals surface area contributed by atoms with Crippen LogP contribution in [0, 0.1) is 0 Å². The summed E-state index contributed by atoms with van der Waals surface area (Å²) in [6, 6.07) is 9.26. The summed E-state index contributed by atoms with van der Waals surface area (Å²) >= 11 is 0. The van der Waals surface area contributed by atoms with Crippen LogP contribution in [0.15, 0.2) is 47.4 Å². The summed E-state index contributed by atoms with van der Waals surface area (Å²) in [6.07, 6.45) is -2.63. The highest BCUT2D eigenvalue weighted by molar-refractivity contribution is 7.89. The van der Waals surface area contributed by atoms with Gasteiger partial charge in [-0.25, -0.2) is 8.42 Å². The highest BCUT2D eigenvalue weighted by atomic mass is 32.2. The van der Waals surface area contributed by atoms with Crippen molar-refractivity contribution in [1.29, 1.82) is 0 Å². The molecule has 11 heteroatoms. The number of amides is 1. The fraction of sp³-hybridized carbons (Fsp3) is 0.435. The third kappa shape index (κ3) is 4.85. The molecule has 4 rings (SSSR count). The Bertz CT molecular complexity index is 1160. The van der Waals surface area contributed by atoms with E-state index in [-0.39, 0.29) is 42.5 Å². The van der Waals surface area contributed by atoms with E-state index in [0.29, 0.717) is 24.5 Å². The Morgan fingerprint density at radius 2 is 1.62 bits per heavy atom. The van der Waals surface area contributed by atoms with Crippen LogP contribution in [0.5, 0.6) is 5.75 Å². The van der Waals surface area contributed by atoms with Crippen LogP contribution in [-0.4, -0.2) is 69.9 Å². The number of rotatable bonds is 5. The standard InChI is InChI=1S/C23H26F3N3O4S/c1-33-21-8-7-19(16-20(21)22(30)28-9-2-3-10-28)34(31,32)29-13-11-27(12-14-29)18-6-4-5-17(15-18)23(24,25)26/h4-8,15-16H,2-3,9-14H2,1H3. The van der Waals surface area contributed by atoms with Crippen LogP contribution in [0.3, 0.4) is 0 Å². The number of nitrogens with zero attached hydrogens (tertiary/aromatic N) is 3. The Balaban J connectivity index is 1.51. The molecular formula is C23H26F3N3O4S.